The van der Waals surface area contributed by atoms with Crippen LogP contribution >= 0.6 is 0 Å². The fraction of sp³-hybridized carbons (Fsp3) is 0.682. The maximum Gasteiger partial charge on any atom is 0.195 e. The zero-order valence-corrected chi connectivity index (χ0v) is 18.0. The molecule has 2 N–H and O–H groups in total. The highest BCUT2D eigenvalue weighted by atomic mass is 16.5. The van der Waals surface area contributed by atoms with Gasteiger partial charge in [0.15, 0.2) is 17.5 Å². The minimum Gasteiger partial charge on any atom is -0.490 e. The van der Waals surface area contributed by atoms with E-state index in [0.29, 0.717) is 58.7 Å². The topological polar surface area (TPSA) is 82.6 Å². The van der Waals surface area contributed by atoms with Crippen molar-refractivity contribution in [3.63, 3.8) is 0 Å². The third-order valence-electron chi connectivity index (χ3n) is 4.80. The van der Waals surface area contributed by atoms with Crippen LogP contribution < -0.4 is 20.1 Å². The average Bonchev–Trinajstić information content (AvgIpc) is 3.17. The van der Waals surface area contributed by atoms with Crippen molar-refractivity contribution in [1.29, 1.82) is 0 Å². The van der Waals surface area contributed by atoms with E-state index >= 15 is 0 Å². The van der Waals surface area contributed by atoms with Crippen LogP contribution in [0.25, 0.3) is 0 Å². The summed E-state index contributed by atoms with van der Waals surface area (Å²) in [7, 11) is 0. The van der Waals surface area contributed by atoms with Crippen LogP contribution in [0.15, 0.2) is 23.2 Å². The number of hydrogen-bond acceptors (Lipinski definition) is 6. The van der Waals surface area contributed by atoms with E-state index < -0.39 is 0 Å². The first-order valence-corrected chi connectivity index (χ1v) is 11.1. The molecule has 0 spiro atoms. The number of nitrogens with one attached hydrogen (secondary N) is 2. The summed E-state index contributed by atoms with van der Waals surface area (Å²) in [5, 5.41) is 6.66. The molecule has 0 aliphatic carbocycles. The standard InChI is InChI=1S/C22H35N3O5/c1-2-26-15-10-24-22(23-9-4-11-27-17-19-6-3-12-28-19)25-18-7-8-20-21(16-18)30-14-5-13-29-20/h7-8,16,19H,2-6,9-15,17H2,1H3,(H2,23,24,25). The van der Waals surface area contributed by atoms with Crippen molar-refractivity contribution < 1.29 is 23.7 Å². The SMILES string of the molecule is CCOCCNC(=NCCCOCC1CCCO1)Nc1ccc2c(c1)OCCCO2. The van der Waals surface area contributed by atoms with E-state index in [1.165, 1.54) is 0 Å². The Balaban J connectivity index is 1.48. The van der Waals surface area contributed by atoms with Gasteiger partial charge in [-0.2, -0.15) is 0 Å². The van der Waals surface area contributed by atoms with Crippen LogP contribution in [0.5, 0.6) is 11.5 Å². The lowest BCUT2D eigenvalue weighted by molar-refractivity contribution is 0.0171. The maximum atomic E-state index is 5.78. The molecule has 2 heterocycles. The van der Waals surface area contributed by atoms with Crippen molar-refractivity contribution in [3.8, 4) is 11.5 Å². The molecule has 1 unspecified atom stereocenters. The summed E-state index contributed by atoms with van der Waals surface area (Å²) in [6.45, 7) is 8.23. The fourth-order valence-electron chi connectivity index (χ4n) is 3.25. The third kappa shape index (κ3) is 8.01. The van der Waals surface area contributed by atoms with Crippen molar-refractivity contribution in [1.82, 2.24) is 5.32 Å². The molecule has 1 aromatic carbocycles. The summed E-state index contributed by atoms with van der Waals surface area (Å²) in [6, 6.07) is 5.85. The Hall–Kier alpha value is -2.03. The highest BCUT2D eigenvalue weighted by Crippen LogP contribution is 2.32. The number of fused-ring (bicyclic) bond motifs is 1. The second kappa shape index (κ2) is 13.3. The normalized spacial score (nSPS) is 18.8. The third-order valence-corrected chi connectivity index (χ3v) is 4.80. The Kier molecular flexibility index (Phi) is 10.0. The summed E-state index contributed by atoms with van der Waals surface area (Å²) < 4.78 is 28.2. The monoisotopic (exact) mass is 421 g/mol. The molecule has 1 aromatic rings. The highest BCUT2D eigenvalue weighted by Gasteiger charge is 2.15. The van der Waals surface area contributed by atoms with E-state index in [4.69, 9.17) is 23.7 Å². The lowest BCUT2D eigenvalue weighted by Gasteiger charge is -2.15. The maximum absolute atomic E-state index is 5.78. The first-order chi connectivity index (χ1) is 14.8. The molecule has 8 heteroatoms. The minimum absolute atomic E-state index is 0.269. The number of ether oxygens (including phenoxy) is 5. The second-order valence-corrected chi connectivity index (χ2v) is 7.25. The van der Waals surface area contributed by atoms with E-state index in [1.807, 2.05) is 25.1 Å². The van der Waals surface area contributed by atoms with Gasteiger partial charge in [0.2, 0.25) is 0 Å². The van der Waals surface area contributed by atoms with E-state index in [9.17, 15) is 0 Å². The van der Waals surface area contributed by atoms with Crippen LogP contribution in [0.1, 0.15) is 32.6 Å². The average molecular weight is 422 g/mol. The molecule has 2 aliphatic heterocycles. The lowest BCUT2D eigenvalue weighted by atomic mass is 10.2. The molecule has 1 saturated heterocycles. The molecule has 0 saturated carbocycles. The van der Waals surface area contributed by atoms with E-state index in [2.05, 4.69) is 15.6 Å². The predicted octanol–water partition coefficient (Wildman–Crippen LogP) is 2.83. The Morgan fingerprint density at radius 3 is 2.83 bits per heavy atom. The number of rotatable bonds is 11. The van der Waals surface area contributed by atoms with Gasteiger partial charge >= 0.3 is 0 Å². The van der Waals surface area contributed by atoms with Crippen molar-refractivity contribution >= 4 is 11.6 Å². The van der Waals surface area contributed by atoms with Gasteiger partial charge in [0.1, 0.15) is 0 Å². The smallest absolute Gasteiger partial charge is 0.195 e. The first-order valence-electron chi connectivity index (χ1n) is 11.1. The number of anilines is 1. The summed E-state index contributed by atoms with van der Waals surface area (Å²) in [5.41, 5.74) is 0.900. The van der Waals surface area contributed by atoms with Gasteiger partial charge in [0.05, 0.1) is 32.5 Å². The van der Waals surface area contributed by atoms with Crippen LogP contribution in [0.2, 0.25) is 0 Å². The van der Waals surface area contributed by atoms with E-state index in [1.54, 1.807) is 0 Å². The summed E-state index contributed by atoms with van der Waals surface area (Å²) in [6.07, 6.45) is 4.25. The Morgan fingerprint density at radius 2 is 2.00 bits per heavy atom. The van der Waals surface area contributed by atoms with Gasteiger partial charge in [-0.3, -0.25) is 4.99 Å². The quantitative estimate of drug-likeness (QED) is 0.323. The Morgan fingerprint density at radius 1 is 1.10 bits per heavy atom. The molecule has 0 amide bonds. The predicted molar refractivity (Wildman–Crippen MR) is 117 cm³/mol. The minimum atomic E-state index is 0.269. The van der Waals surface area contributed by atoms with E-state index in [0.717, 1.165) is 49.5 Å². The van der Waals surface area contributed by atoms with Crippen LogP contribution in [-0.4, -0.2) is 71.4 Å². The molecule has 0 radical (unpaired) electrons. The molecular weight excluding hydrogens is 386 g/mol. The van der Waals surface area contributed by atoms with Crippen LogP contribution in [-0.2, 0) is 14.2 Å². The second-order valence-electron chi connectivity index (χ2n) is 7.25. The Labute approximate surface area is 179 Å². The van der Waals surface area contributed by atoms with Gasteiger partial charge in [-0.15, -0.1) is 0 Å². The molecule has 2 aliphatic rings. The molecule has 1 atom stereocenters. The number of nitrogens with zero attached hydrogens (tertiary/aromatic N) is 1. The summed E-state index contributed by atoms with van der Waals surface area (Å²) in [4.78, 5) is 4.67. The number of guanidine groups is 1. The summed E-state index contributed by atoms with van der Waals surface area (Å²) in [5.74, 6) is 2.25. The molecule has 0 aromatic heterocycles. The van der Waals surface area contributed by atoms with Gasteiger partial charge in [0, 0.05) is 51.1 Å². The van der Waals surface area contributed by atoms with Crippen molar-refractivity contribution in [2.75, 3.05) is 64.7 Å². The zero-order valence-electron chi connectivity index (χ0n) is 18.0. The van der Waals surface area contributed by atoms with Gasteiger partial charge in [-0.1, -0.05) is 0 Å². The van der Waals surface area contributed by atoms with Gasteiger partial charge < -0.3 is 34.3 Å². The highest BCUT2D eigenvalue weighted by molar-refractivity contribution is 5.93. The van der Waals surface area contributed by atoms with Gasteiger partial charge in [-0.05, 0) is 38.3 Å². The fourth-order valence-corrected chi connectivity index (χ4v) is 3.25. The number of hydrogen-bond donors (Lipinski definition) is 2. The molecule has 1 fully saturated rings. The zero-order chi connectivity index (χ0) is 20.9. The molecule has 30 heavy (non-hydrogen) atoms. The van der Waals surface area contributed by atoms with E-state index in [-0.39, 0.29) is 6.10 Å². The first kappa shape index (κ1) is 22.7. The van der Waals surface area contributed by atoms with Gasteiger partial charge in [0.25, 0.3) is 0 Å². The molecule has 3 rings (SSSR count). The summed E-state index contributed by atoms with van der Waals surface area (Å²) >= 11 is 0. The van der Waals surface area contributed by atoms with Gasteiger partial charge in [-0.25, -0.2) is 0 Å². The Bertz CT molecular complexity index is 650. The molecule has 8 nitrogen and oxygen atoms in total. The van der Waals surface area contributed by atoms with Crippen LogP contribution in [0, 0.1) is 0 Å². The number of aliphatic imine (C=N–C) groups is 1. The van der Waals surface area contributed by atoms with Crippen LogP contribution in [0.4, 0.5) is 5.69 Å². The number of benzene rings is 1. The largest absolute Gasteiger partial charge is 0.490 e. The van der Waals surface area contributed by atoms with Crippen LogP contribution in [0.3, 0.4) is 0 Å². The molecule has 0 bridgehead atoms. The van der Waals surface area contributed by atoms with Crippen molar-refractivity contribution in [3.05, 3.63) is 18.2 Å². The molecular formula is C22H35N3O5. The van der Waals surface area contributed by atoms with Crippen molar-refractivity contribution in [2.45, 2.75) is 38.7 Å². The molecule has 168 valence electrons. The van der Waals surface area contributed by atoms with Crippen molar-refractivity contribution in [2.24, 2.45) is 4.99 Å². The lowest BCUT2D eigenvalue weighted by Crippen LogP contribution is -2.33.